The van der Waals surface area contributed by atoms with E-state index in [0.29, 0.717) is 17.8 Å². The fourth-order valence-electron chi connectivity index (χ4n) is 4.40. The lowest BCUT2D eigenvalue weighted by atomic mass is 9.97. The molecular formula is C23H28N6O. The van der Waals surface area contributed by atoms with Crippen LogP contribution >= 0.6 is 0 Å². The number of hydrogen-bond acceptors (Lipinski definition) is 5. The van der Waals surface area contributed by atoms with Crippen molar-refractivity contribution in [3.05, 3.63) is 54.0 Å². The lowest BCUT2D eigenvalue weighted by Crippen LogP contribution is -2.39. The number of rotatable bonds is 7. The van der Waals surface area contributed by atoms with Crippen LogP contribution in [0, 0.1) is 0 Å². The number of nitrogens with one attached hydrogen (secondary N) is 1. The summed E-state index contributed by atoms with van der Waals surface area (Å²) < 4.78 is 1.82. The number of pyridine rings is 1. The molecule has 3 aromatic rings. The fraction of sp³-hybridized carbons (Fsp3) is 0.478. The molecule has 2 fully saturated rings. The Morgan fingerprint density at radius 3 is 2.97 bits per heavy atom. The van der Waals surface area contributed by atoms with Crippen LogP contribution in [0.15, 0.2) is 42.7 Å². The van der Waals surface area contributed by atoms with Gasteiger partial charge in [-0.1, -0.05) is 29.8 Å². The number of aryl methyl sites for hydroxylation is 1. The molecule has 0 radical (unpaired) electrons. The average Bonchev–Trinajstić information content (AvgIpc) is 3.46. The molecule has 1 amide bonds. The molecule has 1 aliphatic carbocycles. The molecule has 0 bridgehead atoms. The molecule has 1 saturated heterocycles. The van der Waals surface area contributed by atoms with Crippen LogP contribution in [0.25, 0.3) is 10.9 Å². The first-order valence-electron chi connectivity index (χ1n) is 11.0. The number of fused-ring (bicyclic) bond motifs is 1. The van der Waals surface area contributed by atoms with Crippen LogP contribution in [0.1, 0.15) is 54.6 Å². The summed E-state index contributed by atoms with van der Waals surface area (Å²) in [5, 5.41) is 12.5. The number of nitrogens with zero attached hydrogens (tertiary/aromatic N) is 5. The van der Waals surface area contributed by atoms with Crippen LogP contribution in [0.5, 0.6) is 0 Å². The molecule has 1 aliphatic heterocycles. The molecule has 3 heterocycles. The number of benzene rings is 1. The van der Waals surface area contributed by atoms with E-state index in [1.54, 1.807) is 6.20 Å². The Labute approximate surface area is 176 Å². The highest BCUT2D eigenvalue weighted by Gasteiger charge is 2.26. The quantitative estimate of drug-likeness (QED) is 0.655. The van der Waals surface area contributed by atoms with E-state index < -0.39 is 0 Å². The Kier molecular flexibility index (Phi) is 5.45. The first kappa shape index (κ1) is 19.2. The van der Waals surface area contributed by atoms with Crippen molar-refractivity contribution >= 4 is 16.8 Å². The van der Waals surface area contributed by atoms with E-state index in [-0.39, 0.29) is 5.91 Å². The molecule has 1 N–H and O–H groups in total. The van der Waals surface area contributed by atoms with E-state index in [0.717, 1.165) is 44.4 Å². The van der Waals surface area contributed by atoms with E-state index in [9.17, 15) is 4.79 Å². The number of carbonyl (C=O) groups is 1. The number of aromatic nitrogens is 4. The van der Waals surface area contributed by atoms with Crippen molar-refractivity contribution in [2.75, 3.05) is 6.54 Å². The van der Waals surface area contributed by atoms with E-state index >= 15 is 0 Å². The molecule has 0 unspecified atom stereocenters. The van der Waals surface area contributed by atoms with Gasteiger partial charge in [0.25, 0.3) is 5.91 Å². The minimum atomic E-state index is -0.104. The molecule has 5 rings (SSSR count). The SMILES string of the molecule is O=C(NC1CC1)c1cn(CC[C@@H]2CCCCN2Cc2cccc3ncccc23)nn1. The van der Waals surface area contributed by atoms with Gasteiger partial charge in [-0.3, -0.25) is 19.4 Å². The first-order valence-corrected chi connectivity index (χ1v) is 11.0. The summed E-state index contributed by atoms with van der Waals surface area (Å²) in [4.78, 5) is 19.2. The van der Waals surface area contributed by atoms with Crippen molar-refractivity contribution in [1.82, 2.24) is 30.2 Å². The third kappa shape index (κ3) is 4.36. The monoisotopic (exact) mass is 404 g/mol. The molecule has 2 aliphatic rings. The molecule has 1 aromatic carbocycles. The highest BCUT2D eigenvalue weighted by molar-refractivity contribution is 5.92. The van der Waals surface area contributed by atoms with Crippen LogP contribution in [0.2, 0.25) is 0 Å². The van der Waals surface area contributed by atoms with E-state index in [1.165, 1.54) is 30.2 Å². The van der Waals surface area contributed by atoms with Gasteiger partial charge < -0.3 is 5.32 Å². The first-order chi connectivity index (χ1) is 14.8. The van der Waals surface area contributed by atoms with Crippen molar-refractivity contribution in [1.29, 1.82) is 0 Å². The average molecular weight is 405 g/mol. The summed E-state index contributed by atoms with van der Waals surface area (Å²) in [6.45, 7) is 2.84. The molecule has 2 aromatic heterocycles. The Bertz CT molecular complexity index is 1020. The van der Waals surface area contributed by atoms with Crippen LogP contribution in [0.3, 0.4) is 0 Å². The Morgan fingerprint density at radius 2 is 2.07 bits per heavy atom. The van der Waals surface area contributed by atoms with Crippen molar-refractivity contribution in [3.63, 3.8) is 0 Å². The van der Waals surface area contributed by atoms with Crippen LogP contribution in [-0.4, -0.2) is 49.4 Å². The minimum absolute atomic E-state index is 0.104. The highest BCUT2D eigenvalue weighted by Crippen LogP contribution is 2.25. The van der Waals surface area contributed by atoms with Crippen LogP contribution in [0.4, 0.5) is 0 Å². The second-order valence-electron chi connectivity index (χ2n) is 8.51. The number of piperidine rings is 1. The molecule has 1 atom stereocenters. The third-order valence-corrected chi connectivity index (χ3v) is 6.23. The van der Waals surface area contributed by atoms with E-state index in [1.807, 2.05) is 16.9 Å². The van der Waals surface area contributed by atoms with Gasteiger partial charge >= 0.3 is 0 Å². The Balaban J connectivity index is 1.23. The fourth-order valence-corrected chi connectivity index (χ4v) is 4.40. The van der Waals surface area contributed by atoms with Gasteiger partial charge in [-0.05, 0) is 56.3 Å². The summed E-state index contributed by atoms with van der Waals surface area (Å²) in [6, 6.07) is 11.4. The predicted octanol–water partition coefficient (Wildman–Crippen LogP) is 3.16. The Morgan fingerprint density at radius 1 is 1.13 bits per heavy atom. The predicted molar refractivity (Wildman–Crippen MR) is 115 cm³/mol. The maximum absolute atomic E-state index is 12.1. The summed E-state index contributed by atoms with van der Waals surface area (Å²) in [7, 11) is 0. The van der Waals surface area contributed by atoms with Gasteiger partial charge in [0.15, 0.2) is 5.69 Å². The zero-order valence-electron chi connectivity index (χ0n) is 17.2. The van der Waals surface area contributed by atoms with Crippen molar-refractivity contribution < 1.29 is 4.79 Å². The van der Waals surface area contributed by atoms with Crippen molar-refractivity contribution in [3.8, 4) is 0 Å². The van der Waals surface area contributed by atoms with Gasteiger partial charge in [0.1, 0.15) is 0 Å². The third-order valence-electron chi connectivity index (χ3n) is 6.23. The van der Waals surface area contributed by atoms with Gasteiger partial charge in [0, 0.05) is 36.8 Å². The largest absolute Gasteiger partial charge is 0.348 e. The summed E-state index contributed by atoms with van der Waals surface area (Å²) in [5.74, 6) is -0.104. The minimum Gasteiger partial charge on any atom is -0.348 e. The summed E-state index contributed by atoms with van der Waals surface area (Å²) >= 11 is 0. The molecule has 1 saturated carbocycles. The zero-order chi connectivity index (χ0) is 20.3. The molecule has 7 heteroatoms. The molecular weight excluding hydrogens is 376 g/mol. The van der Waals surface area contributed by atoms with Gasteiger partial charge in [-0.2, -0.15) is 0 Å². The lowest BCUT2D eigenvalue weighted by molar-refractivity contribution is 0.0946. The number of likely N-dealkylation sites (tertiary alicyclic amines) is 1. The van der Waals surface area contributed by atoms with Gasteiger partial charge in [-0.15, -0.1) is 5.10 Å². The highest BCUT2D eigenvalue weighted by atomic mass is 16.2. The summed E-state index contributed by atoms with van der Waals surface area (Å²) in [6.07, 6.45) is 10.5. The Hall–Kier alpha value is -2.80. The van der Waals surface area contributed by atoms with Crippen LogP contribution in [-0.2, 0) is 13.1 Å². The lowest BCUT2D eigenvalue weighted by Gasteiger charge is -2.36. The number of hydrogen-bond donors (Lipinski definition) is 1. The summed E-state index contributed by atoms with van der Waals surface area (Å²) in [5.41, 5.74) is 2.82. The molecule has 156 valence electrons. The number of amides is 1. The van der Waals surface area contributed by atoms with Crippen LogP contribution < -0.4 is 5.32 Å². The smallest absolute Gasteiger partial charge is 0.273 e. The maximum atomic E-state index is 12.1. The zero-order valence-corrected chi connectivity index (χ0v) is 17.2. The second-order valence-corrected chi connectivity index (χ2v) is 8.51. The topological polar surface area (TPSA) is 75.9 Å². The van der Waals surface area contributed by atoms with Crippen molar-refractivity contribution in [2.45, 2.75) is 63.7 Å². The standard InChI is InChI=1S/C23H28N6O/c30-23(25-18-9-10-18)22-16-29(27-26-22)14-11-19-6-1-2-13-28(19)15-17-5-3-8-21-20(17)7-4-12-24-21/h3-5,7-8,12,16,18-19H,1-2,6,9-11,13-15H2,(H,25,30)/t19-/m0/s1. The maximum Gasteiger partial charge on any atom is 0.273 e. The number of carbonyl (C=O) groups excluding carboxylic acids is 1. The molecule has 7 nitrogen and oxygen atoms in total. The van der Waals surface area contributed by atoms with E-state index in [2.05, 4.69) is 49.8 Å². The second kappa shape index (κ2) is 8.52. The molecule has 30 heavy (non-hydrogen) atoms. The molecule has 0 spiro atoms. The normalized spacial score (nSPS) is 19.8. The van der Waals surface area contributed by atoms with Gasteiger partial charge in [0.2, 0.25) is 0 Å². The van der Waals surface area contributed by atoms with Crippen molar-refractivity contribution in [2.24, 2.45) is 0 Å². The van der Waals surface area contributed by atoms with E-state index in [4.69, 9.17) is 0 Å². The van der Waals surface area contributed by atoms with Gasteiger partial charge in [-0.25, -0.2) is 0 Å². The van der Waals surface area contributed by atoms with Gasteiger partial charge in [0.05, 0.1) is 11.7 Å².